The van der Waals surface area contributed by atoms with Gasteiger partial charge in [-0.2, -0.15) is 0 Å². The molecule has 0 aromatic carbocycles. The van der Waals surface area contributed by atoms with Crippen LogP contribution < -0.4 is 0 Å². The summed E-state index contributed by atoms with van der Waals surface area (Å²) in [5.74, 6) is 0. The summed E-state index contributed by atoms with van der Waals surface area (Å²) in [5.41, 5.74) is 0. The summed E-state index contributed by atoms with van der Waals surface area (Å²) in [6.45, 7) is 7.67. The van der Waals surface area contributed by atoms with Gasteiger partial charge in [-0.3, -0.25) is 0 Å². The third-order valence-electron chi connectivity index (χ3n) is 2.86. The van der Waals surface area contributed by atoms with Crippen LogP contribution in [0.4, 0.5) is 0 Å². The molecule has 1 aliphatic carbocycles. The highest BCUT2D eigenvalue weighted by molar-refractivity contribution is 4.97. The van der Waals surface area contributed by atoms with Crippen LogP contribution in [0, 0.1) is 0 Å². The van der Waals surface area contributed by atoms with Gasteiger partial charge in [-0.05, 0) is 40.5 Å². The van der Waals surface area contributed by atoms with Gasteiger partial charge in [0.1, 0.15) is 12.2 Å². The molecule has 0 saturated heterocycles. The van der Waals surface area contributed by atoms with E-state index in [2.05, 4.69) is 0 Å². The van der Waals surface area contributed by atoms with Crippen LogP contribution in [0.25, 0.3) is 0 Å². The second-order valence-electron chi connectivity index (χ2n) is 5.38. The first kappa shape index (κ1) is 15.6. The van der Waals surface area contributed by atoms with Crippen LogP contribution in [0.5, 0.6) is 0 Å². The fraction of sp³-hybridized carbons (Fsp3) is 0.857. The average molecular weight is 258 g/mol. The van der Waals surface area contributed by atoms with Crippen molar-refractivity contribution in [2.75, 3.05) is 0 Å². The first-order valence-electron chi connectivity index (χ1n) is 6.73. The molecule has 0 fully saturated rings. The van der Waals surface area contributed by atoms with Crippen molar-refractivity contribution in [3.63, 3.8) is 0 Å². The molecule has 0 spiro atoms. The molecule has 106 valence electrons. The Balaban J connectivity index is 2.87. The van der Waals surface area contributed by atoms with E-state index >= 15 is 0 Å². The molecule has 18 heavy (non-hydrogen) atoms. The van der Waals surface area contributed by atoms with E-state index in [1.165, 1.54) is 0 Å². The number of rotatable bonds is 4. The summed E-state index contributed by atoms with van der Waals surface area (Å²) in [5, 5.41) is 20.3. The molecule has 0 aromatic heterocycles. The first-order chi connectivity index (χ1) is 8.41. The number of hydrogen-bond donors (Lipinski definition) is 2. The monoisotopic (exact) mass is 258 g/mol. The predicted molar refractivity (Wildman–Crippen MR) is 70.4 cm³/mol. The van der Waals surface area contributed by atoms with E-state index in [4.69, 9.17) is 9.47 Å². The molecule has 2 N–H and O–H groups in total. The second kappa shape index (κ2) is 7.24. The summed E-state index contributed by atoms with van der Waals surface area (Å²) in [4.78, 5) is 0. The minimum atomic E-state index is -0.651. The van der Waals surface area contributed by atoms with Gasteiger partial charge in [0.25, 0.3) is 0 Å². The van der Waals surface area contributed by atoms with Gasteiger partial charge in [0, 0.05) is 0 Å². The molecular weight excluding hydrogens is 232 g/mol. The highest BCUT2D eigenvalue weighted by Gasteiger charge is 2.36. The normalized spacial score (nSPS) is 35.6. The van der Waals surface area contributed by atoms with Crippen molar-refractivity contribution in [3.8, 4) is 0 Å². The Morgan fingerprint density at radius 1 is 0.833 bits per heavy atom. The zero-order chi connectivity index (χ0) is 13.7. The quantitative estimate of drug-likeness (QED) is 0.753. The average Bonchev–Trinajstić information content (AvgIpc) is 2.26. The minimum Gasteiger partial charge on any atom is -0.390 e. The van der Waals surface area contributed by atoms with Crippen LogP contribution in [-0.4, -0.2) is 46.8 Å². The van der Waals surface area contributed by atoms with Gasteiger partial charge in [-0.15, -0.1) is 0 Å². The number of aliphatic hydroxyl groups excluding tert-OH is 2. The molecule has 1 aliphatic rings. The summed E-state index contributed by atoms with van der Waals surface area (Å²) in [6, 6.07) is 0. The standard InChI is InChI=1S/C14H26O4/c1-9(2)17-13-11(15)7-5-6-8-12(16)14(13)18-10(3)4/h5-6,9-16H,7-8H2,1-4H3/b6-5-/t11-,12-,13-,14-/m1/s1. The van der Waals surface area contributed by atoms with Gasteiger partial charge in [-0.25, -0.2) is 0 Å². The molecule has 0 aromatic rings. The lowest BCUT2D eigenvalue weighted by Crippen LogP contribution is -2.50. The Labute approximate surface area is 110 Å². The van der Waals surface area contributed by atoms with Crippen molar-refractivity contribution in [2.45, 2.75) is 77.2 Å². The largest absolute Gasteiger partial charge is 0.390 e. The SMILES string of the molecule is CC(C)O[C@H]1[C@H](OC(C)C)[C@H](O)C/C=C\C[C@H]1O. The Kier molecular flexibility index (Phi) is 6.29. The Morgan fingerprint density at radius 3 is 1.44 bits per heavy atom. The number of ether oxygens (including phenoxy) is 2. The van der Waals surface area contributed by atoms with E-state index in [1.54, 1.807) is 0 Å². The van der Waals surface area contributed by atoms with Crippen LogP contribution in [0.3, 0.4) is 0 Å². The number of aliphatic hydroxyl groups is 2. The fourth-order valence-corrected chi connectivity index (χ4v) is 2.14. The summed E-state index contributed by atoms with van der Waals surface area (Å²) >= 11 is 0. The van der Waals surface area contributed by atoms with Gasteiger partial charge in [0.05, 0.1) is 24.4 Å². The van der Waals surface area contributed by atoms with Crippen molar-refractivity contribution in [1.29, 1.82) is 0 Å². The van der Waals surface area contributed by atoms with Crippen LogP contribution >= 0.6 is 0 Å². The van der Waals surface area contributed by atoms with E-state index in [1.807, 2.05) is 39.8 Å². The lowest BCUT2D eigenvalue weighted by molar-refractivity contribution is -0.180. The predicted octanol–water partition coefficient (Wildman–Crippen LogP) is 1.65. The number of hydrogen-bond acceptors (Lipinski definition) is 4. The zero-order valence-electron chi connectivity index (χ0n) is 11.7. The second-order valence-corrected chi connectivity index (χ2v) is 5.38. The van der Waals surface area contributed by atoms with E-state index in [0.717, 1.165) is 0 Å². The Morgan fingerprint density at radius 2 is 1.17 bits per heavy atom. The zero-order valence-corrected chi connectivity index (χ0v) is 11.7. The fourth-order valence-electron chi connectivity index (χ4n) is 2.14. The molecule has 1 rings (SSSR count). The smallest absolute Gasteiger partial charge is 0.113 e. The van der Waals surface area contributed by atoms with Crippen LogP contribution in [0.1, 0.15) is 40.5 Å². The highest BCUT2D eigenvalue weighted by atomic mass is 16.6. The highest BCUT2D eigenvalue weighted by Crippen LogP contribution is 2.22. The molecule has 0 unspecified atom stereocenters. The maximum Gasteiger partial charge on any atom is 0.113 e. The Hall–Kier alpha value is -0.420. The molecule has 4 atom stereocenters. The minimum absolute atomic E-state index is 0.0153. The lowest BCUT2D eigenvalue weighted by Gasteiger charge is -2.36. The first-order valence-corrected chi connectivity index (χ1v) is 6.73. The molecule has 0 saturated carbocycles. The van der Waals surface area contributed by atoms with Gasteiger partial charge >= 0.3 is 0 Å². The van der Waals surface area contributed by atoms with E-state index in [0.29, 0.717) is 12.8 Å². The topological polar surface area (TPSA) is 58.9 Å². The molecule has 0 bridgehead atoms. The maximum atomic E-state index is 10.2. The molecule has 0 amide bonds. The van der Waals surface area contributed by atoms with Gasteiger partial charge < -0.3 is 19.7 Å². The van der Waals surface area contributed by atoms with Crippen LogP contribution in [-0.2, 0) is 9.47 Å². The maximum absolute atomic E-state index is 10.2. The van der Waals surface area contributed by atoms with E-state index < -0.39 is 24.4 Å². The summed E-state index contributed by atoms with van der Waals surface area (Å²) in [6.07, 6.45) is 2.51. The van der Waals surface area contributed by atoms with Gasteiger partial charge in [0.15, 0.2) is 0 Å². The molecule has 0 aliphatic heterocycles. The van der Waals surface area contributed by atoms with Crippen molar-refractivity contribution in [2.24, 2.45) is 0 Å². The van der Waals surface area contributed by atoms with Crippen molar-refractivity contribution in [1.82, 2.24) is 0 Å². The van der Waals surface area contributed by atoms with Crippen molar-refractivity contribution in [3.05, 3.63) is 12.2 Å². The van der Waals surface area contributed by atoms with Crippen LogP contribution in [0.2, 0.25) is 0 Å². The molecule has 0 heterocycles. The third kappa shape index (κ3) is 4.69. The summed E-state index contributed by atoms with van der Waals surface area (Å²) < 4.78 is 11.5. The molecule has 4 heteroatoms. The Bertz CT molecular complexity index is 237. The van der Waals surface area contributed by atoms with Crippen molar-refractivity contribution < 1.29 is 19.7 Å². The van der Waals surface area contributed by atoms with E-state index in [9.17, 15) is 10.2 Å². The lowest BCUT2D eigenvalue weighted by atomic mass is 9.95. The van der Waals surface area contributed by atoms with Crippen molar-refractivity contribution >= 4 is 0 Å². The van der Waals surface area contributed by atoms with Gasteiger partial charge in [-0.1, -0.05) is 12.2 Å². The van der Waals surface area contributed by atoms with Crippen LogP contribution in [0.15, 0.2) is 12.2 Å². The molecule has 0 radical (unpaired) electrons. The van der Waals surface area contributed by atoms with E-state index in [-0.39, 0.29) is 12.2 Å². The molecule has 4 nitrogen and oxygen atoms in total. The third-order valence-corrected chi connectivity index (χ3v) is 2.86. The van der Waals surface area contributed by atoms with Gasteiger partial charge in [0.2, 0.25) is 0 Å². The summed E-state index contributed by atoms with van der Waals surface area (Å²) in [7, 11) is 0. The molecular formula is C14H26O4.